The maximum absolute atomic E-state index is 12.0. The first-order chi connectivity index (χ1) is 10.3. The number of terminal acetylenes is 1. The standard InChI is InChI=1S/C15H20N4O3/c1-6-7-8-16-11-10(9-20)12(22-5)18-14(17-11)19-13(21)15(2,3)4/h1,9H,7-8H2,2-5H3,(H2,16,17,18,19,21). The monoisotopic (exact) mass is 304 g/mol. The van der Waals surface area contributed by atoms with E-state index in [1.807, 2.05) is 0 Å². The van der Waals surface area contributed by atoms with Crippen LogP contribution in [0.2, 0.25) is 0 Å². The fourth-order valence-electron chi connectivity index (χ4n) is 1.44. The van der Waals surface area contributed by atoms with E-state index in [2.05, 4.69) is 26.5 Å². The van der Waals surface area contributed by atoms with Crippen LogP contribution in [-0.4, -0.2) is 35.8 Å². The zero-order chi connectivity index (χ0) is 16.8. The smallest absolute Gasteiger partial charge is 0.234 e. The number of ether oxygens (including phenoxy) is 1. The van der Waals surface area contributed by atoms with Crippen molar-refractivity contribution >= 4 is 24.0 Å². The minimum absolute atomic E-state index is 0.0607. The predicted octanol–water partition coefficient (Wildman–Crippen LogP) is 1.72. The lowest BCUT2D eigenvalue weighted by Gasteiger charge is -2.18. The number of hydrogen-bond acceptors (Lipinski definition) is 6. The van der Waals surface area contributed by atoms with Gasteiger partial charge < -0.3 is 10.1 Å². The second-order valence-electron chi connectivity index (χ2n) is 5.52. The molecule has 0 unspecified atom stereocenters. The van der Waals surface area contributed by atoms with Crippen molar-refractivity contribution in [1.29, 1.82) is 0 Å². The number of carbonyl (C=O) groups excluding carboxylic acids is 2. The van der Waals surface area contributed by atoms with E-state index in [0.717, 1.165) is 0 Å². The van der Waals surface area contributed by atoms with Gasteiger partial charge in [-0.2, -0.15) is 9.97 Å². The highest BCUT2D eigenvalue weighted by atomic mass is 16.5. The highest BCUT2D eigenvalue weighted by Gasteiger charge is 2.23. The maximum Gasteiger partial charge on any atom is 0.234 e. The Morgan fingerprint density at radius 3 is 2.59 bits per heavy atom. The molecule has 0 aliphatic heterocycles. The van der Waals surface area contributed by atoms with E-state index in [1.54, 1.807) is 20.8 Å². The Balaban J connectivity index is 3.14. The molecule has 1 heterocycles. The Bertz CT molecular complexity index is 600. The Morgan fingerprint density at radius 1 is 1.41 bits per heavy atom. The zero-order valence-corrected chi connectivity index (χ0v) is 13.2. The number of amides is 1. The summed E-state index contributed by atoms with van der Waals surface area (Å²) in [6, 6.07) is 0. The van der Waals surface area contributed by atoms with E-state index in [9.17, 15) is 9.59 Å². The summed E-state index contributed by atoms with van der Waals surface area (Å²) >= 11 is 0. The Kier molecular flexibility index (Phi) is 5.87. The van der Waals surface area contributed by atoms with Crippen molar-refractivity contribution in [2.45, 2.75) is 27.2 Å². The lowest BCUT2D eigenvalue weighted by molar-refractivity contribution is -0.123. The number of rotatable bonds is 6. The lowest BCUT2D eigenvalue weighted by Crippen LogP contribution is -2.28. The van der Waals surface area contributed by atoms with E-state index >= 15 is 0 Å². The summed E-state index contributed by atoms with van der Waals surface area (Å²) in [6.07, 6.45) is 6.25. The van der Waals surface area contributed by atoms with Gasteiger partial charge in [-0.15, -0.1) is 12.3 Å². The third kappa shape index (κ3) is 4.45. The van der Waals surface area contributed by atoms with E-state index in [-0.39, 0.29) is 29.1 Å². The molecule has 0 bridgehead atoms. The first-order valence-electron chi connectivity index (χ1n) is 6.73. The highest BCUT2D eigenvalue weighted by Crippen LogP contribution is 2.24. The van der Waals surface area contributed by atoms with Crippen LogP contribution in [0.5, 0.6) is 5.88 Å². The molecule has 118 valence electrons. The summed E-state index contributed by atoms with van der Waals surface area (Å²) in [5, 5.41) is 5.54. The largest absolute Gasteiger partial charge is 0.480 e. The van der Waals surface area contributed by atoms with Crippen LogP contribution in [0.25, 0.3) is 0 Å². The molecule has 1 aromatic rings. The van der Waals surface area contributed by atoms with Crippen molar-refractivity contribution in [3.8, 4) is 18.2 Å². The molecule has 1 amide bonds. The molecule has 7 heteroatoms. The molecule has 22 heavy (non-hydrogen) atoms. The second kappa shape index (κ2) is 7.41. The molecule has 1 rings (SSSR count). The second-order valence-corrected chi connectivity index (χ2v) is 5.52. The molecule has 0 aliphatic rings. The Morgan fingerprint density at radius 2 is 2.09 bits per heavy atom. The normalized spacial score (nSPS) is 10.5. The zero-order valence-electron chi connectivity index (χ0n) is 13.2. The number of nitrogens with one attached hydrogen (secondary N) is 2. The van der Waals surface area contributed by atoms with Gasteiger partial charge in [0.2, 0.25) is 17.7 Å². The van der Waals surface area contributed by atoms with E-state index in [0.29, 0.717) is 19.3 Å². The average molecular weight is 304 g/mol. The topological polar surface area (TPSA) is 93.2 Å². The number of nitrogens with zero attached hydrogens (tertiary/aromatic N) is 2. The molecule has 0 saturated heterocycles. The van der Waals surface area contributed by atoms with Gasteiger partial charge in [0, 0.05) is 18.4 Å². The molecule has 0 aromatic carbocycles. The number of aromatic nitrogens is 2. The van der Waals surface area contributed by atoms with Gasteiger partial charge in [-0.05, 0) is 0 Å². The van der Waals surface area contributed by atoms with Gasteiger partial charge >= 0.3 is 0 Å². The molecule has 1 aromatic heterocycles. The lowest BCUT2D eigenvalue weighted by atomic mass is 9.96. The SMILES string of the molecule is C#CCCNc1nc(NC(=O)C(C)(C)C)nc(OC)c1C=O. The van der Waals surface area contributed by atoms with Crippen molar-refractivity contribution in [3.63, 3.8) is 0 Å². The van der Waals surface area contributed by atoms with Gasteiger partial charge in [0.15, 0.2) is 6.29 Å². The van der Waals surface area contributed by atoms with Gasteiger partial charge in [-0.3, -0.25) is 14.9 Å². The minimum Gasteiger partial charge on any atom is -0.480 e. The first kappa shape index (κ1) is 17.4. The molecule has 0 spiro atoms. The number of anilines is 2. The molecule has 0 fully saturated rings. The van der Waals surface area contributed by atoms with Gasteiger partial charge in [-0.25, -0.2) is 0 Å². The molecular weight excluding hydrogens is 284 g/mol. The van der Waals surface area contributed by atoms with E-state index < -0.39 is 5.41 Å². The Labute approximate surface area is 129 Å². The van der Waals surface area contributed by atoms with Gasteiger partial charge in [0.25, 0.3) is 0 Å². The maximum atomic E-state index is 12.0. The van der Waals surface area contributed by atoms with Crippen LogP contribution < -0.4 is 15.4 Å². The summed E-state index contributed by atoms with van der Waals surface area (Å²) in [5.41, 5.74) is -0.426. The quantitative estimate of drug-likeness (QED) is 0.472. The van der Waals surface area contributed by atoms with Crippen molar-refractivity contribution in [2.24, 2.45) is 5.41 Å². The van der Waals surface area contributed by atoms with Crippen LogP contribution >= 0.6 is 0 Å². The van der Waals surface area contributed by atoms with Crippen molar-refractivity contribution in [1.82, 2.24) is 9.97 Å². The molecule has 0 atom stereocenters. The molecule has 2 N–H and O–H groups in total. The molecule has 7 nitrogen and oxygen atoms in total. The van der Waals surface area contributed by atoms with E-state index in [1.165, 1.54) is 7.11 Å². The summed E-state index contributed by atoms with van der Waals surface area (Å²) in [5.74, 6) is 2.64. The third-order valence-electron chi connectivity index (χ3n) is 2.69. The number of methoxy groups -OCH3 is 1. The fraction of sp³-hybridized carbons (Fsp3) is 0.467. The first-order valence-corrected chi connectivity index (χ1v) is 6.73. The molecule has 0 aliphatic carbocycles. The average Bonchev–Trinajstić information content (AvgIpc) is 2.46. The van der Waals surface area contributed by atoms with Crippen molar-refractivity contribution < 1.29 is 14.3 Å². The van der Waals surface area contributed by atoms with Crippen LogP contribution in [0, 0.1) is 17.8 Å². The number of aldehydes is 1. The van der Waals surface area contributed by atoms with Crippen LogP contribution in [0.15, 0.2) is 0 Å². The van der Waals surface area contributed by atoms with E-state index in [4.69, 9.17) is 11.2 Å². The van der Waals surface area contributed by atoms with Gasteiger partial charge in [0.05, 0.1) is 7.11 Å². The van der Waals surface area contributed by atoms with Crippen molar-refractivity contribution in [2.75, 3.05) is 24.3 Å². The molecular formula is C15H20N4O3. The summed E-state index contributed by atoms with van der Waals surface area (Å²) in [7, 11) is 1.38. The molecule has 0 saturated carbocycles. The summed E-state index contributed by atoms with van der Waals surface area (Å²) < 4.78 is 5.08. The van der Waals surface area contributed by atoms with Gasteiger partial charge in [-0.1, -0.05) is 20.8 Å². The van der Waals surface area contributed by atoms with Crippen molar-refractivity contribution in [3.05, 3.63) is 5.56 Å². The minimum atomic E-state index is -0.600. The fourth-order valence-corrected chi connectivity index (χ4v) is 1.44. The Hall–Kier alpha value is -2.62. The van der Waals surface area contributed by atoms with Gasteiger partial charge in [0.1, 0.15) is 11.4 Å². The summed E-state index contributed by atoms with van der Waals surface area (Å²) in [6.45, 7) is 5.74. The van der Waals surface area contributed by atoms with Crippen LogP contribution in [0.3, 0.4) is 0 Å². The van der Waals surface area contributed by atoms with Crippen LogP contribution in [0.1, 0.15) is 37.6 Å². The third-order valence-corrected chi connectivity index (χ3v) is 2.69. The van der Waals surface area contributed by atoms with Crippen LogP contribution in [-0.2, 0) is 4.79 Å². The predicted molar refractivity (Wildman–Crippen MR) is 84.0 cm³/mol. The highest BCUT2D eigenvalue weighted by molar-refractivity contribution is 5.94. The molecule has 0 radical (unpaired) electrons. The number of carbonyl (C=O) groups is 2. The number of hydrogen-bond donors (Lipinski definition) is 2. The summed E-state index contributed by atoms with van der Waals surface area (Å²) in [4.78, 5) is 31.4. The van der Waals surface area contributed by atoms with Crippen LogP contribution in [0.4, 0.5) is 11.8 Å².